The van der Waals surface area contributed by atoms with E-state index in [4.69, 9.17) is 14.2 Å². The smallest absolute Gasteiger partial charge is 0.119 e. The normalized spacial score (nSPS) is 11.1. The molecule has 9 aromatic carbocycles. The number of rotatable bonds is 16. The molecule has 0 amide bonds. The number of methoxy groups -OCH3 is 3. The average Bonchev–Trinajstić information content (AvgIpc) is 3.40. The Bertz CT molecular complexity index is 2820. The molecule has 67 heavy (non-hydrogen) atoms. The van der Waals surface area contributed by atoms with Crippen LogP contribution in [0.15, 0.2) is 231 Å². The molecule has 0 aromatic heterocycles. The first kappa shape index (κ1) is 43.5. The SMILES string of the molecule is COc1ccc(N(c2ccccc2)c2ccc(/C=C/c3ccc(N(c4ccc(/C=C/c5ccc(N(c6ccccc6)c6ccc(OC)cc6)cc5)cc4)c4ccc(OC)cc4)cc3)cc2)cc1. The van der Waals surface area contributed by atoms with E-state index in [0.717, 1.165) is 90.7 Å². The van der Waals surface area contributed by atoms with Gasteiger partial charge in [-0.15, -0.1) is 0 Å². The van der Waals surface area contributed by atoms with Crippen molar-refractivity contribution in [1.82, 2.24) is 0 Å². The number of para-hydroxylation sites is 2. The molecular weight excluding hydrogens is 823 g/mol. The van der Waals surface area contributed by atoms with Crippen LogP contribution in [-0.4, -0.2) is 21.3 Å². The van der Waals surface area contributed by atoms with E-state index in [1.165, 1.54) is 0 Å². The number of anilines is 9. The standard InChI is InChI=1S/C61H51N3O3/c1-65-59-40-34-56(35-41-59)62(50-10-6-4-7-11-50)52-26-18-46(19-27-52)14-16-48-22-30-54(31-23-48)64(58-38-44-61(67-3)45-39-58)55-32-24-49(25-33-55)17-15-47-20-28-53(29-21-47)63(51-12-8-5-9-13-51)57-36-42-60(66-2)43-37-57/h4-45H,1-3H3/b16-14+,17-15+. The van der Waals surface area contributed by atoms with Crippen molar-refractivity contribution in [1.29, 1.82) is 0 Å². The van der Waals surface area contributed by atoms with Gasteiger partial charge in [0.1, 0.15) is 17.2 Å². The highest BCUT2D eigenvalue weighted by Gasteiger charge is 2.15. The minimum Gasteiger partial charge on any atom is -0.497 e. The van der Waals surface area contributed by atoms with Crippen LogP contribution >= 0.6 is 0 Å². The molecule has 0 saturated heterocycles. The summed E-state index contributed by atoms with van der Waals surface area (Å²) in [7, 11) is 5.07. The molecule has 9 aromatic rings. The number of ether oxygens (including phenoxy) is 3. The van der Waals surface area contributed by atoms with Crippen LogP contribution in [0, 0.1) is 0 Å². The maximum absolute atomic E-state index is 5.50. The summed E-state index contributed by atoms with van der Waals surface area (Å²) in [5, 5.41) is 0. The molecule has 0 saturated carbocycles. The van der Waals surface area contributed by atoms with Crippen LogP contribution in [0.4, 0.5) is 51.2 Å². The fraction of sp³-hybridized carbons (Fsp3) is 0.0492. The number of benzene rings is 9. The second-order valence-electron chi connectivity index (χ2n) is 15.8. The van der Waals surface area contributed by atoms with Crippen molar-refractivity contribution in [3.63, 3.8) is 0 Å². The lowest BCUT2D eigenvalue weighted by Gasteiger charge is -2.26. The molecule has 0 aliphatic rings. The highest BCUT2D eigenvalue weighted by Crippen LogP contribution is 2.39. The summed E-state index contributed by atoms with van der Waals surface area (Å²) in [4.78, 5) is 6.76. The molecule has 0 spiro atoms. The highest BCUT2D eigenvalue weighted by atomic mass is 16.5. The molecule has 0 atom stereocenters. The highest BCUT2D eigenvalue weighted by molar-refractivity contribution is 5.82. The van der Waals surface area contributed by atoms with Gasteiger partial charge in [0, 0.05) is 51.2 Å². The van der Waals surface area contributed by atoms with Crippen LogP contribution in [0.5, 0.6) is 17.2 Å². The lowest BCUT2D eigenvalue weighted by Crippen LogP contribution is -2.09. The van der Waals surface area contributed by atoms with E-state index < -0.39 is 0 Å². The van der Waals surface area contributed by atoms with Gasteiger partial charge < -0.3 is 28.9 Å². The lowest BCUT2D eigenvalue weighted by atomic mass is 10.1. The van der Waals surface area contributed by atoms with Crippen molar-refractivity contribution < 1.29 is 14.2 Å². The van der Waals surface area contributed by atoms with Gasteiger partial charge in [-0.25, -0.2) is 0 Å². The zero-order valence-electron chi connectivity index (χ0n) is 37.8. The monoisotopic (exact) mass is 873 g/mol. The molecule has 9 rings (SSSR count). The van der Waals surface area contributed by atoms with E-state index >= 15 is 0 Å². The van der Waals surface area contributed by atoms with Crippen molar-refractivity contribution >= 4 is 75.5 Å². The number of hydrogen-bond acceptors (Lipinski definition) is 6. The van der Waals surface area contributed by atoms with Gasteiger partial charge in [-0.2, -0.15) is 0 Å². The van der Waals surface area contributed by atoms with E-state index in [2.05, 4.69) is 221 Å². The fourth-order valence-corrected chi connectivity index (χ4v) is 8.01. The maximum atomic E-state index is 5.50. The summed E-state index contributed by atoms with van der Waals surface area (Å²) in [5.74, 6) is 2.47. The average molecular weight is 874 g/mol. The Morgan fingerprint density at radius 3 is 0.597 bits per heavy atom. The first-order valence-electron chi connectivity index (χ1n) is 22.2. The molecule has 6 nitrogen and oxygen atoms in total. The van der Waals surface area contributed by atoms with Crippen molar-refractivity contribution in [3.05, 3.63) is 253 Å². The Hall–Kier alpha value is -8.74. The molecular formula is C61H51N3O3. The minimum atomic E-state index is 0.813. The Kier molecular flexibility index (Phi) is 13.5. The predicted octanol–water partition coefficient (Wildman–Crippen LogP) is 16.5. The van der Waals surface area contributed by atoms with Gasteiger partial charge in [0.05, 0.1) is 21.3 Å². The van der Waals surface area contributed by atoms with E-state index in [9.17, 15) is 0 Å². The zero-order chi connectivity index (χ0) is 45.8. The fourth-order valence-electron chi connectivity index (χ4n) is 8.01. The first-order valence-corrected chi connectivity index (χ1v) is 22.2. The Labute approximate surface area is 394 Å². The van der Waals surface area contributed by atoms with Crippen LogP contribution < -0.4 is 28.9 Å². The van der Waals surface area contributed by atoms with Gasteiger partial charge in [0.15, 0.2) is 0 Å². The molecule has 0 N–H and O–H groups in total. The second kappa shape index (κ2) is 20.8. The molecule has 328 valence electrons. The van der Waals surface area contributed by atoms with Gasteiger partial charge in [-0.1, -0.05) is 109 Å². The summed E-state index contributed by atoms with van der Waals surface area (Å²) >= 11 is 0. The van der Waals surface area contributed by atoms with Crippen LogP contribution in [-0.2, 0) is 0 Å². The summed E-state index contributed by atoms with van der Waals surface area (Å²) in [6.45, 7) is 0. The summed E-state index contributed by atoms with van der Waals surface area (Å²) in [6, 6.07) is 79.9. The Morgan fingerprint density at radius 2 is 0.403 bits per heavy atom. The molecule has 6 heteroatoms. The van der Waals surface area contributed by atoms with E-state index in [1.807, 2.05) is 48.5 Å². The third-order valence-electron chi connectivity index (χ3n) is 11.6. The van der Waals surface area contributed by atoms with Crippen LogP contribution in [0.25, 0.3) is 24.3 Å². The largest absolute Gasteiger partial charge is 0.497 e. The van der Waals surface area contributed by atoms with Crippen LogP contribution in [0.2, 0.25) is 0 Å². The van der Waals surface area contributed by atoms with Crippen molar-refractivity contribution in [3.8, 4) is 17.2 Å². The van der Waals surface area contributed by atoms with E-state index in [-0.39, 0.29) is 0 Å². The second-order valence-corrected chi connectivity index (χ2v) is 15.8. The lowest BCUT2D eigenvalue weighted by molar-refractivity contribution is 0.414. The number of hydrogen-bond donors (Lipinski definition) is 0. The maximum Gasteiger partial charge on any atom is 0.119 e. The molecule has 0 aliphatic heterocycles. The zero-order valence-corrected chi connectivity index (χ0v) is 37.8. The van der Waals surface area contributed by atoms with Gasteiger partial charge in [-0.3, -0.25) is 0 Å². The minimum absolute atomic E-state index is 0.813. The third-order valence-corrected chi connectivity index (χ3v) is 11.6. The van der Waals surface area contributed by atoms with Crippen LogP contribution in [0.1, 0.15) is 22.3 Å². The van der Waals surface area contributed by atoms with E-state index in [1.54, 1.807) is 21.3 Å². The van der Waals surface area contributed by atoms with Gasteiger partial charge in [0.2, 0.25) is 0 Å². The molecule has 0 heterocycles. The first-order chi connectivity index (χ1) is 33.0. The molecule has 0 bridgehead atoms. The predicted molar refractivity (Wildman–Crippen MR) is 281 cm³/mol. The Balaban J connectivity index is 0.909. The third kappa shape index (κ3) is 10.5. The van der Waals surface area contributed by atoms with E-state index in [0.29, 0.717) is 0 Å². The molecule has 0 aliphatic carbocycles. The number of nitrogens with zero attached hydrogens (tertiary/aromatic N) is 3. The molecule has 0 fully saturated rings. The Morgan fingerprint density at radius 1 is 0.224 bits per heavy atom. The molecule has 0 radical (unpaired) electrons. The van der Waals surface area contributed by atoms with Gasteiger partial charge in [-0.05, 0) is 168 Å². The van der Waals surface area contributed by atoms with Crippen molar-refractivity contribution in [2.45, 2.75) is 0 Å². The summed E-state index contributed by atoms with van der Waals surface area (Å²) in [6.07, 6.45) is 8.62. The summed E-state index contributed by atoms with van der Waals surface area (Å²) in [5.41, 5.74) is 14.0. The topological polar surface area (TPSA) is 37.4 Å². The summed E-state index contributed by atoms with van der Waals surface area (Å²) < 4.78 is 16.3. The van der Waals surface area contributed by atoms with Crippen LogP contribution in [0.3, 0.4) is 0 Å². The quantitative estimate of drug-likeness (QED) is 0.0901. The molecule has 0 unspecified atom stereocenters. The van der Waals surface area contributed by atoms with Gasteiger partial charge in [0.25, 0.3) is 0 Å². The van der Waals surface area contributed by atoms with Crippen molar-refractivity contribution in [2.24, 2.45) is 0 Å². The van der Waals surface area contributed by atoms with Gasteiger partial charge >= 0.3 is 0 Å². The van der Waals surface area contributed by atoms with Crippen molar-refractivity contribution in [2.75, 3.05) is 36.0 Å².